The first-order valence-corrected chi connectivity index (χ1v) is 9.79. The molecule has 0 fully saturated rings. The van der Waals surface area contributed by atoms with E-state index >= 15 is 0 Å². The van der Waals surface area contributed by atoms with Crippen molar-refractivity contribution >= 4 is 18.0 Å². The topological polar surface area (TPSA) is 84.9 Å². The molecular formula is C23H24N2O5. The predicted octanol–water partition coefficient (Wildman–Crippen LogP) is 3.83. The number of benzene rings is 2. The average molecular weight is 408 g/mol. The maximum atomic E-state index is 12.6. The molecule has 0 aromatic heterocycles. The third-order valence-corrected chi connectivity index (χ3v) is 4.84. The molecule has 2 aromatic carbocycles. The fourth-order valence-electron chi connectivity index (χ4n) is 3.35. The van der Waals surface area contributed by atoms with Crippen molar-refractivity contribution in [2.45, 2.75) is 26.8 Å². The number of urea groups is 1. The van der Waals surface area contributed by atoms with E-state index in [4.69, 9.17) is 9.47 Å². The van der Waals surface area contributed by atoms with Gasteiger partial charge in [-0.2, -0.15) is 0 Å². The SMILES string of the molecule is CCOC(=O)C1=C(C)N(CC)C(=O)NC1c1ccc(OC(=O)c2ccccc2)cc1. The van der Waals surface area contributed by atoms with Crippen LogP contribution in [0.3, 0.4) is 0 Å². The zero-order valence-corrected chi connectivity index (χ0v) is 17.2. The number of hydrogen-bond acceptors (Lipinski definition) is 5. The van der Waals surface area contributed by atoms with E-state index in [1.54, 1.807) is 62.4 Å². The summed E-state index contributed by atoms with van der Waals surface area (Å²) in [6.07, 6.45) is 0. The highest BCUT2D eigenvalue weighted by atomic mass is 16.5. The Labute approximate surface area is 175 Å². The van der Waals surface area contributed by atoms with Crippen LogP contribution in [0.1, 0.15) is 42.7 Å². The van der Waals surface area contributed by atoms with Gasteiger partial charge in [0.15, 0.2) is 0 Å². The Kier molecular flexibility index (Phi) is 6.51. The highest BCUT2D eigenvalue weighted by Crippen LogP contribution is 2.32. The number of nitrogens with zero attached hydrogens (tertiary/aromatic N) is 1. The molecule has 1 aliphatic rings. The molecule has 0 saturated carbocycles. The van der Waals surface area contributed by atoms with Crippen LogP contribution in [0.5, 0.6) is 5.75 Å². The van der Waals surface area contributed by atoms with Crippen molar-refractivity contribution in [3.63, 3.8) is 0 Å². The molecule has 1 N–H and O–H groups in total. The lowest BCUT2D eigenvalue weighted by Crippen LogP contribution is -2.47. The van der Waals surface area contributed by atoms with Gasteiger partial charge in [-0.25, -0.2) is 14.4 Å². The minimum atomic E-state index is -0.654. The standard InChI is InChI=1S/C23H24N2O5/c1-4-25-15(3)19(22(27)29-5-2)20(24-23(25)28)16-11-13-18(14-12-16)30-21(26)17-9-7-6-8-10-17/h6-14,20H,4-5H2,1-3H3,(H,24,28). The maximum Gasteiger partial charge on any atom is 0.343 e. The molecule has 1 atom stereocenters. The van der Waals surface area contributed by atoms with Crippen molar-refractivity contribution in [2.75, 3.05) is 13.2 Å². The Balaban J connectivity index is 1.86. The van der Waals surface area contributed by atoms with E-state index in [1.807, 2.05) is 13.0 Å². The van der Waals surface area contributed by atoms with Gasteiger partial charge in [0.25, 0.3) is 0 Å². The number of allylic oxidation sites excluding steroid dienone is 1. The van der Waals surface area contributed by atoms with E-state index in [-0.39, 0.29) is 12.6 Å². The highest BCUT2D eigenvalue weighted by molar-refractivity contribution is 5.95. The molecule has 30 heavy (non-hydrogen) atoms. The second kappa shape index (κ2) is 9.26. The minimum absolute atomic E-state index is 0.233. The van der Waals surface area contributed by atoms with E-state index in [0.717, 1.165) is 0 Å². The Hall–Kier alpha value is -3.61. The molecule has 2 aromatic rings. The number of carbonyl (C=O) groups excluding carboxylic acids is 3. The first kappa shape index (κ1) is 21.1. The van der Waals surface area contributed by atoms with Gasteiger partial charge in [0, 0.05) is 12.2 Å². The Morgan fingerprint density at radius 1 is 1.00 bits per heavy atom. The summed E-state index contributed by atoms with van der Waals surface area (Å²) in [5.74, 6) is -0.572. The molecule has 7 heteroatoms. The smallest absolute Gasteiger partial charge is 0.343 e. The number of nitrogens with one attached hydrogen (secondary N) is 1. The lowest BCUT2D eigenvalue weighted by molar-refractivity contribution is -0.139. The van der Waals surface area contributed by atoms with E-state index < -0.39 is 18.0 Å². The zero-order valence-electron chi connectivity index (χ0n) is 17.2. The van der Waals surface area contributed by atoms with Gasteiger partial charge >= 0.3 is 18.0 Å². The minimum Gasteiger partial charge on any atom is -0.463 e. The van der Waals surface area contributed by atoms with Gasteiger partial charge in [0.1, 0.15) is 5.75 Å². The summed E-state index contributed by atoms with van der Waals surface area (Å²) < 4.78 is 10.6. The van der Waals surface area contributed by atoms with Crippen molar-refractivity contribution in [3.8, 4) is 5.75 Å². The number of hydrogen-bond donors (Lipinski definition) is 1. The van der Waals surface area contributed by atoms with Crippen molar-refractivity contribution in [2.24, 2.45) is 0 Å². The highest BCUT2D eigenvalue weighted by Gasteiger charge is 2.35. The van der Waals surface area contributed by atoms with E-state index in [0.29, 0.717) is 34.7 Å². The van der Waals surface area contributed by atoms with Crippen molar-refractivity contribution < 1.29 is 23.9 Å². The predicted molar refractivity (Wildman–Crippen MR) is 111 cm³/mol. The number of esters is 2. The average Bonchev–Trinajstić information content (AvgIpc) is 2.75. The van der Waals surface area contributed by atoms with Crippen LogP contribution in [-0.4, -0.2) is 36.0 Å². The summed E-state index contributed by atoms with van der Waals surface area (Å²) in [5, 5.41) is 2.86. The molecule has 0 aliphatic carbocycles. The first-order chi connectivity index (χ1) is 14.5. The molecule has 1 aliphatic heterocycles. The number of amides is 2. The summed E-state index contributed by atoms with van der Waals surface area (Å²) in [6.45, 7) is 5.97. The van der Waals surface area contributed by atoms with Gasteiger partial charge in [-0.3, -0.25) is 4.90 Å². The largest absolute Gasteiger partial charge is 0.463 e. The number of carbonyl (C=O) groups is 3. The second-order valence-electron chi connectivity index (χ2n) is 6.67. The van der Waals surface area contributed by atoms with Crippen LogP contribution in [-0.2, 0) is 9.53 Å². The molecule has 0 saturated heterocycles. The van der Waals surface area contributed by atoms with Crippen LogP contribution >= 0.6 is 0 Å². The molecule has 1 heterocycles. The third-order valence-electron chi connectivity index (χ3n) is 4.84. The lowest BCUT2D eigenvalue weighted by atomic mass is 9.95. The lowest BCUT2D eigenvalue weighted by Gasteiger charge is -2.34. The normalized spacial score (nSPS) is 16.2. The number of rotatable bonds is 6. The first-order valence-electron chi connectivity index (χ1n) is 9.79. The van der Waals surface area contributed by atoms with Crippen molar-refractivity contribution in [1.82, 2.24) is 10.2 Å². The molecule has 156 valence electrons. The van der Waals surface area contributed by atoms with Crippen LogP contribution in [0.15, 0.2) is 65.9 Å². The summed E-state index contributed by atoms with van der Waals surface area (Å²) in [7, 11) is 0. The van der Waals surface area contributed by atoms with E-state index in [2.05, 4.69) is 5.32 Å². The molecule has 7 nitrogen and oxygen atoms in total. The molecule has 2 amide bonds. The summed E-state index contributed by atoms with van der Waals surface area (Å²) in [4.78, 5) is 38.8. The molecule has 0 bridgehead atoms. The van der Waals surface area contributed by atoms with Gasteiger partial charge in [0.05, 0.1) is 23.8 Å². The van der Waals surface area contributed by atoms with Crippen LogP contribution in [0, 0.1) is 0 Å². The molecular weight excluding hydrogens is 384 g/mol. The molecule has 1 unspecified atom stereocenters. The van der Waals surface area contributed by atoms with Crippen LogP contribution in [0.25, 0.3) is 0 Å². The fraction of sp³-hybridized carbons (Fsp3) is 0.261. The molecule has 0 radical (unpaired) electrons. The Morgan fingerprint density at radius 2 is 1.67 bits per heavy atom. The quantitative estimate of drug-likeness (QED) is 0.580. The van der Waals surface area contributed by atoms with Crippen LogP contribution in [0.2, 0.25) is 0 Å². The van der Waals surface area contributed by atoms with Crippen LogP contribution in [0.4, 0.5) is 4.79 Å². The third kappa shape index (κ3) is 4.35. The van der Waals surface area contributed by atoms with Crippen molar-refractivity contribution in [3.05, 3.63) is 77.0 Å². The second-order valence-corrected chi connectivity index (χ2v) is 6.67. The fourth-order valence-corrected chi connectivity index (χ4v) is 3.35. The summed E-state index contributed by atoms with van der Waals surface area (Å²) in [6, 6.07) is 14.4. The summed E-state index contributed by atoms with van der Waals surface area (Å²) in [5.41, 5.74) is 2.07. The molecule has 0 spiro atoms. The maximum absolute atomic E-state index is 12.6. The van der Waals surface area contributed by atoms with E-state index in [9.17, 15) is 14.4 Å². The monoisotopic (exact) mass is 408 g/mol. The van der Waals surface area contributed by atoms with Gasteiger partial charge in [-0.15, -0.1) is 0 Å². The summed E-state index contributed by atoms with van der Waals surface area (Å²) >= 11 is 0. The Morgan fingerprint density at radius 3 is 2.27 bits per heavy atom. The van der Waals surface area contributed by atoms with Gasteiger partial charge in [-0.05, 0) is 50.6 Å². The van der Waals surface area contributed by atoms with Crippen LogP contribution < -0.4 is 10.1 Å². The van der Waals surface area contributed by atoms with Gasteiger partial charge in [-0.1, -0.05) is 30.3 Å². The van der Waals surface area contributed by atoms with Crippen molar-refractivity contribution in [1.29, 1.82) is 0 Å². The molecule has 3 rings (SSSR count). The van der Waals surface area contributed by atoms with Gasteiger partial charge in [0.2, 0.25) is 0 Å². The Bertz CT molecular complexity index is 967. The number of ether oxygens (including phenoxy) is 2. The van der Waals surface area contributed by atoms with Gasteiger partial charge < -0.3 is 14.8 Å². The zero-order chi connectivity index (χ0) is 21.7. The van der Waals surface area contributed by atoms with E-state index in [1.165, 1.54) is 4.90 Å².